The van der Waals surface area contributed by atoms with Crippen molar-refractivity contribution in [3.05, 3.63) is 89.2 Å². The summed E-state index contributed by atoms with van der Waals surface area (Å²) in [5.41, 5.74) is -1.10. The molecule has 0 aliphatic rings. The highest BCUT2D eigenvalue weighted by Gasteiger charge is 2.23. The van der Waals surface area contributed by atoms with Gasteiger partial charge >= 0.3 is 0 Å². The third kappa shape index (κ3) is 3.21. The van der Waals surface area contributed by atoms with Gasteiger partial charge in [-0.05, 0) is 18.2 Å². The van der Waals surface area contributed by atoms with Gasteiger partial charge in [-0.15, -0.1) is 0 Å². The number of rotatable bonds is 4. The van der Waals surface area contributed by atoms with Crippen molar-refractivity contribution in [1.82, 2.24) is 9.55 Å². The van der Waals surface area contributed by atoms with Gasteiger partial charge in [0.1, 0.15) is 5.52 Å². The Morgan fingerprint density at radius 2 is 1.48 bits per heavy atom. The summed E-state index contributed by atoms with van der Waals surface area (Å²) >= 11 is 0. The lowest BCUT2D eigenvalue weighted by Crippen LogP contribution is -2.20. The van der Waals surface area contributed by atoms with Gasteiger partial charge in [-0.1, -0.05) is 6.07 Å². The van der Waals surface area contributed by atoms with Crippen molar-refractivity contribution in [3.8, 4) is 11.3 Å². The van der Waals surface area contributed by atoms with Gasteiger partial charge < -0.3 is 4.57 Å². The number of non-ortho nitro benzene ring substituents is 3. The van der Waals surface area contributed by atoms with E-state index in [2.05, 4.69) is 4.98 Å². The van der Waals surface area contributed by atoms with Gasteiger partial charge in [0.15, 0.2) is 0 Å². The Morgan fingerprint density at radius 1 is 0.806 bits per heavy atom. The van der Waals surface area contributed by atoms with Crippen LogP contribution in [0.25, 0.3) is 33.1 Å². The van der Waals surface area contributed by atoms with E-state index in [4.69, 9.17) is 0 Å². The first kappa shape index (κ1) is 19.6. The number of nitro groups is 3. The van der Waals surface area contributed by atoms with E-state index in [1.165, 1.54) is 37.4 Å². The van der Waals surface area contributed by atoms with Gasteiger partial charge in [-0.3, -0.25) is 35.1 Å². The van der Waals surface area contributed by atoms with Crippen LogP contribution in [-0.2, 0) is 7.05 Å². The zero-order valence-electron chi connectivity index (χ0n) is 15.7. The van der Waals surface area contributed by atoms with Crippen molar-refractivity contribution >= 4 is 38.9 Å². The second-order valence-electron chi connectivity index (χ2n) is 6.67. The first-order valence-corrected chi connectivity index (χ1v) is 8.69. The Hall–Kier alpha value is -4.74. The summed E-state index contributed by atoms with van der Waals surface area (Å²) in [4.78, 5) is 48.8. The van der Waals surface area contributed by atoms with Crippen molar-refractivity contribution in [1.29, 1.82) is 0 Å². The molecule has 0 saturated heterocycles. The van der Waals surface area contributed by atoms with Crippen LogP contribution in [-0.4, -0.2) is 24.3 Å². The predicted molar refractivity (Wildman–Crippen MR) is 110 cm³/mol. The molecular weight excluding hydrogens is 410 g/mol. The Kier molecular flexibility index (Phi) is 4.39. The number of hydrogen-bond acceptors (Lipinski definition) is 8. The highest BCUT2D eigenvalue weighted by Crippen LogP contribution is 2.32. The zero-order chi connectivity index (χ0) is 22.4. The third-order valence-corrected chi connectivity index (χ3v) is 4.84. The SMILES string of the molecule is Cn1c(=O)c(-c2ccc3cc([N+](=O)[O-])ccc3n2)cc2cc([N+](=O)[O-])cc([N+](=O)[O-])c21. The van der Waals surface area contributed by atoms with Gasteiger partial charge in [-0.25, -0.2) is 4.98 Å². The molecule has 0 aliphatic carbocycles. The lowest BCUT2D eigenvalue weighted by atomic mass is 10.1. The van der Waals surface area contributed by atoms with E-state index in [9.17, 15) is 35.1 Å². The molecule has 0 saturated carbocycles. The van der Waals surface area contributed by atoms with Crippen LogP contribution < -0.4 is 5.56 Å². The van der Waals surface area contributed by atoms with Crippen molar-refractivity contribution in [2.45, 2.75) is 0 Å². The summed E-state index contributed by atoms with van der Waals surface area (Å²) in [6.07, 6.45) is 0. The molecule has 4 aromatic rings. The van der Waals surface area contributed by atoms with Gasteiger partial charge in [0, 0.05) is 36.0 Å². The van der Waals surface area contributed by atoms with Gasteiger partial charge in [0.25, 0.3) is 22.6 Å². The second kappa shape index (κ2) is 6.95. The fraction of sp³-hybridized carbons (Fsp3) is 0.0526. The largest absolute Gasteiger partial charge is 0.305 e. The predicted octanol–water partition coefficient (Wildman–Crippen LogP) is 3.48. The van der Waals surface area contributed by atoms with Gasteiger partial charge in [0.2, 0.25) is 0 Å². The molecule has 0 N–H and O–H groups in total. The molecule has 154 valence electrons. The molecule has 0 fully saturated rings. The van der Waals surface area contributed by atoms with Gasteiger partial charge in [0.05, 0.1) is 37.6 Å². The maximum Gasteiger partial charge on any atom is 0.300 e. The standard InChI is InChI=1S/C19H11N5O7/c1-21-18-11(7-13(23(28)29)9-17(18)24(30)31)8-14(19(21)25)16-4-2-10-6-12(22(26)27)3-5-15(10)20-16/h2-9H,1H3. The Bertz CT molecular complexity index is 1510. The number of aromatic nitrogens is 2. The summed E-state index contributed by atoms with van der Waals surface area (Å²) in [7, 11) is 1.33. The normalized spacial score (nSPS) is 11.0. The van der Waals surface area contributed by atoms with E-state index in [1.807, 2.05) is 0 Å². The Labute approximate surface area is 171 Å². The average Bonchev–Trinajstić information content (AvgIpc) is 2.74. The second-order valence-corrected chi connectivity index (χ2v) is 6.67. The molecule has 0 amide bonds. The number of nitrogens with zero attached hydrogens (tertiary/aromatic N) is 5. The van der Waals surface area contributed by atoms with Crippen LogP contribution in [0.1, 0.15) is 0 Å². The van der Waals surface area contributed by atoms with E-state index < -0.39 is 31.7 Å². The molecule has 0 atom stereocenters. The lowest BCUT2D eigenvalue weighted by Gasteiger charge is -2.10. The van der Waals surface area contributed by atoms with Crippen LogP contribution in [0.3, 0.4) is 0 Å². The van der Waals surface area contributed by atoms with Crippen molar-refractivity contribution in [2.24, 2.45) is 7.05 Å². The molecule has 12 heteroatoms. The number of nitro benzene ring substituents is 3. The van der Waals surface area contributed by atoms with Gasteiger partial charge in [-0.2, -0.15) is 0 Å². The monoisotopic (exact) mass is 421 g/mol. The molecule has 0 spiro atoms. The molecular formula is C19H11N5O7. The molecule has 12 nitrogen and oxygen atoms in total. The summed E-state index contributed by atoms with van der Waals surface area (Å²) < 4.78 is 1.05. The minimum absolute atomic E-state index is 0.0548. The third-order valence-electron chi connectivity index (χ3n) is 4.84. The molecule has 4 rings (SSSR count). The van der Waals surface area contributed by atoms with E-state index >= 15 is 0 Å². The summed E-state index contributed by atoms with van der Waals surface area (Å²) in [5.74, 6) is 0. The van der Waals surface area contributed by atoms with Crippen LogP contribution in [0.2, 0.25) is 0 Å². The molecule has 0 unspecified atom stereocenters. The van der Waals surface area contributed by atoms with E-state index in [0.29, 0.717) is 10.9 Å². The van der Waals surface area contributed by atoms with Crippen LogP contribution in [0.4, 0.5) is 17.1 Å². The molecule has 2 aromatic carbocycles. The summed E-state index contributed by atoms with van der Waals surface area (Å²) in [5, 5.41) is 34.2. The molecule has 0 aliphatic heterocycles. The summed E-state index contributed by atoms with van der Waals surface area (Å²) in [6, 6.07) is 10.4. The molecule has 31 heavy (non-hydrogen) atoms. The number of pyridine rings is 2. The topological polar surface area (TPSA) is 164 Å². The number of benzene rings is 2. The number of fused-ring (bicyclic) bond motifs is 2. The van der Waals surface area contributed by atoms with Crippen LogP contribution in [0, 0.1) is 30.3 Å². The lowest BCUT2D eigenvalue weighted by molar-refractivity contribution is -0.393. The first-order valence-electron chi connectivity index (χ1n) is 8.69. The summed E-state index contributed by atoms with van der Waals surface area (Å²) in [6.45, 7) is 0. The van der Waals surface area contributed by atoms with Crippen molar-refractivity contribution in [3.63, 3.8) is 0 Å². The van der Waals surface area contributed by atoms with Crippen molar-refractivity contribution in [2.75, 3.05) is 0 Å². The van der Waals surface area contributed by atoms with Crippen LogP contribution in [0.5, 0.6) is 0 Å². The minimum atomic E-state index is -0.782. The maximum absolute atomic E-state index is 12.9. The Balaban J connectivity index is 1.99. The number of aryl methyl sites for hydroxylation is 1. The van der Waals surface area contributed by atoms with Crippen LogP contribution in [0.15, 0.2) is 53.3 Å². The fourth-order valence-corrected chi connectivity index (χ4v) is 3.41. The van der Waals surface area contributed by atoms with Crippen LogP contribution >= 0.6 is 0 Å². The molecule has 0 bridgehead atoms. The minimum Gasteiger partial charge on any atom is -0.305 e. The smallest absolute Gasteiger partial charge is 0.300 e. The fourth-order valence-electron chi connectivity index (χ4n) is 3.41. The quantitative estimate of drug-likeness (QED) is 0.357. The molecule has 0 radical (unpaired) electrons. The molecule has 2 heterocycles. The number of hydrogen-bond donors (Lipinski definition) is 0. The van der Waals surface area contributed by atoms with E-state index in [-0.39, 0.29) is 27.8 Å². The Morgan fingerprint density at radius 3 is 2.13 bits per heavy atom. The average molecular weight is 421 g/mol. The first-order chi connectivity index (χ1) is 14.7. The van der Waals surface area contributed by atoms with Crippen molar-refractivity contribution < 1.29 is 14.8 Å². The highest BCUT2D eigenvalue weighted by atomic mass is 16.6. The zero-order valence-corrected chi connectivity index (χ0v) is 15.7. The highest BCUT2D eigenvalue weighted by molar-refractivity contribution is 5.93. The molecule has 2 aromatic heterocycles. The van der Waals surface area contributed by atoms with E-state index in [0.717, 1.165) is 16.7 Å². The van der Waals surface area contributed by atoms with E-state index in [1.54, 1.807) is 6.07 Å². The maximum atomic E-state index is 12.9.